The normalized spacial score (nSPS) is 16.0. The van der Waals surface area contributed by atoms with Gasteiger partial charge in [-0.25, -0.2) is 9.18 Å². The van der Waals surface area contributed by atoms with E-state index in [2.05, 4.69) is 0 Å². The van der Waals surface area contributed by atoms with Gasteiger partial charge in [0.2, 0.25) is 0 Å². The van der Waals surface area contributed by atoms with E-state index in [4.69, 9.17) is 12.2 Å². The second-order valence-corrected chi connectivity index (χ2v) is 6.56. The van der Waals surface area contributed by atoms with Gasteiger partial charge in [-0.3, -0.25) is 9.69 Å². The van der Waals surface area contributed by atoms with Gasteiger partial charge in [0, 0.05) is 0 Å². The first-order valence-electron chi connectivity index (χ1n) is 6.83. The Balaban J connectivity index is 1.97. The van der Waals surface area contributed by atoms with Crippen molar-refractivity contribution in [2.24, 2.45) is 0 Å². The topological polar surface area (TPSA) is 57.6 Å². The van der Waals surface area contributed by atoms with E-state index in [1.54, 1.807) is 18.2 Å². The number of carboxylic acids is 1. The Morgan fingerprint density at radius 2 is 1.83 bits per heavy atom. The summed E-state index contributed by atoms with van der Waals surface area (Å²) in [5.74, 6) is -1.84. The van der Waals surface area contributed by atoms with Crippen LogP contribution in [-0.2, 0) is 4.79 Å². The third kappa shape index (κ3) is 3.08. The van der Waals surface area contributed by atoms with Gasteiger partial charge in [0.15, 0.2) is 4.32 Å². The molecule has 0 radical (unpaired) electrons. The summed E-state index contributed by atoms with van der Waals surface area (Å²) in [6, 6.07) is 11.8. The number of benzene rings is 2. The van der Waals surface area contributed by atoms with Crippen LogP contribution in [0.1, 0.15) is 15.9 Å². The monoisotopic (exact) mass is 359 g/mol. The summed E-state index contributed by atoms with van der Waals surface area (Å²) in [6.07, 6.45) is 1.51. The van der Waals surface area contributed by atoms with E-state index in [9.17, 15) is 19.1 Å². The Morgan fingerprint density at radius 3 is 2.50 bits per heavy atom. The zero-order chi connectivity index (χ0) is 17.3. The van der Waals surface area contributed by atoms with Crippen LogP contribution in [0, 0.1) is 5.82 Å². The van der Waals surface area contributed by atoms with Crippen molar-refractivity contribution in [1.29, 1.82) is 0 Å². The predicted octanol–water partition coefficient (Wildman–Crippen LogP) is 3.93. The molecule has 0 bridgehead atoms. The molecule has 2 aromatic rings. The molecule has 0 unspecified atom stereocenters. The van der Waals surface area contributed by atoms with Crippen molar-refractivity contribution in [2.75, 3.05) is 4.90 Å². The van der Waals surface area contributed by atoms with E-state index in [1.165, 1.54) is 41.3 Å². The fourth-order valence-electron chi connectivity index (χ4n) is 2.24. The average molecular weight is 359 g/mol. The van der Waals surface area contributed by atoms with Crippen LogP contribution in [0.4, 0.5) is 10.1 Å². The number of carboxylic acid groups (broad SMARTS) is 1. The smallest absolute Gasteiger partial charge is 0.336 e. The summed E-state index contributed by atoms with van der Waals surface area (Å²) < 4.78 is 13.4. The van der Waals surface area contributed by atoms with E-state index >= 15 is 0 Å². The highest BCUT2D eigenvalue weighted by Crippen LogP contribution is 2.36. The molecule has 1 N–H and O–H groups in total. The highest BCUT2D eigenvalue weighted by molar-refractivity contribution is 8.27. The molecule has 7 heteroatoms. The maximum Gasteiger partial charge on any atom is 0.336 e. The van der Waals surface area contributed by atoms with Crippen LogP contribution in [0.5, 0.6) is 0 Å². The minimum absolute atomic E-state index is 0.101. The molecule has 120 valence electrons. The van der Waals surface area contributed by atoms with E-state index in [1.807, 2.05) is 0 Å². The fourth-order valence-corrected chi connectivity index (χ4v) is 3.53. The third-order valence-corrected chi connectivity index (χ3v) is 4.66. The number of carbonyl (C=O) groups excluding carboxylic acids is 1. The number of thioether (sulfide) groups is 1. The molecule has 0 aliphatic carbocycles. The van der Waals surface area contributed by atoms with Crippen molar-refractivity contribution in [1.82, 2.24) is 0 Å². The Morgan fingerprint density at radius 1 is 1.17 bits per heavy atom. The van der Waals surface area contributed by atoms with Crippen molar-refractivity contribution in [3.05, 3.63) is 70.4 Å². The highest BCUT2D eigenvalue weighted by Gasteiger charge is 2.33. The number of rotatable bonds is 3. The molecule has 1 aliphatic heterocycles. The van der Waals surface area contributed by atoms with E-state index in [0.29, 0.717) is 20.5 Å². The van der Waals surface area contributed by atoms with Crippen LogP contribution in [0.15, 0.2) is 53.4 Å². The summed E-state index contributed by atoms with van der Waals surface area (Å²) >= 11 is 6.31. The number of halogens is 1. The van der Waals surface area contributed by atoms with Crippen LogP contribution < -0.4 is 4.90 Å². The zero-order valence-corrected chi connectivity index (χ0v) is 13.7. The lowest BCUT2D eigenvalue weighted by Gasteiger charge is -2.14. The van der Waals surface area contributed by atoms with Crippen LogP contribution in [0.3, 0.4) is 0 Å². The Labute approximate surface area is 146 Å². The molecule has 1 heterocycles. The minimum Gasteiger partial charge on any atom is -0.478 e. The van der Waals surface area contributed by atoms with Crippen molar-refractivity contribution in [2.45, 2.75) is 0 Å². The molecular weight excluding hydrogens is 349 g/mol. The number of nitrogens with zero attached hydrogens (tertiary/aromatic N) is 1. The van der Waals surface area contributed by atoms with E-state index < -0.39 is 11.8 Å². The molecule has 0 aromatic heterocycles. The molecule has 0 spiro atoms. The molecule has 1 saturated heterocycles. The molecular formula is C17H10FNO3S2. The lowest BCUT2D eigenvalue weighted by molar-refractivity contribution is -0.113. The van der Waals surface area contributed by atoms with Crippen molar-refractivity contribution in [3.63, 3.8) is 0 Å². The summed E-state index contributed by atoms with van der Waals surface area (Å²) in [5, 5.41) is 9.22. The molecule has 3 rings (SSSR count). The first kappa shape index (κ1) is 16.4. The van der Waals surface area contributed by atoms with Gasteiger partial charge in [-0.1, -0.05) is 42.2 Å². The quantitative estimate of drug-likeness (QED) is 0.665. The lowest BCUT2D eigenvalue weighted by atomic mass is 10.1. The number of anilines is 1. The van der Waals surface area contributed by atoms with Gasteiger partial charge in [0.25, 0.3) is 5.91 Å². The van der Waals surface area contributed by atoms with Crippen LogP contribution in [-0.4, -0.2) is 21.3 Å². The second kappa shape index (κ2) is 6.54. The van der Waals surface area contributed by atoms with Gasteiger partial charge >= 0.3 is 5.97 Å². The third-order valence-electron chi connectivity index (χ3n) is 3.36. The van der Waals surface area contributed by atoms with Crippen molar-refractivity contribution in [3.8, 4) is 0 Å². The number of carbonyl (C=O) groups is 2. The van der Waals surface area contributed by atoms with Crippen LogP contribution in [0.2, 0.25) is 0 Å². The number of hydrogen-bond acceptors (Lipinski definition) is 4. The zero-order valence-electron chi connectivity index (χ0n) is 12.1. The highest BCUT2D eigenvalue weighted by atomic mass is 32.2. The van der Waals surface area contributed by atoms with Gasteiger partial charge in [-0.15, -0.1) is 0 Å². The van der Waals surface area contributed by atoms with E-state index in [-0.39, 0.29) is 11.5 Å². The first-order chi connectivity index (χ1) is 11.5. The number of thiocarbonyl (C=S) groups is 1. The molecule has 1 amide bonds. The summed E-state index contributed by atoms with van der Waals surface area (Å²) in [7, 11) is 0. The number of aromatic carboxylic acids is 1. The molecule has 2 aromatic carbocycles. The van der Waals surface area contributed by atoms with Gasteiger partial charge in [0.05, 0.1) is 16.2 Å². The van der Waals surface area contributed by atoms with Crippen LogP contribution >= 0.6 is 24.0 Å². The largest absolute Gasteiger partial charge is 0.478 e. The maximum absolute atomic E-state index is 13.0. The summed E-state index contributed by atoms with van der Waals surface area (Å²) in [4.78, 5) is 25.5. The second-order valence-electron chi connectivity index (χ2n) is 4.89. The average Bonchev–Trinajstić information content (AvgIpc) is 2.83. The number of amides is 1. The molecule has 1 aliphatic rings. The maximum atomic E-state index is 13.0. The van der Waals surface area contributed by atoms with Gasteiger partial charge in [0.1, 0.15) is 5.82 Å². The van der Waals surface area contributed by atoms with Gasteiger partial charge in [-0.2, -0.15) is 0 Å². The first-order valence-corrected chi connectivity index (χ1v) is 8.05. The lowest BCUT2D eigenvalue weighted by Crippen LogP contribution is -2.27. The van der Waals surface area contributed by atoms with Crippen molar-refractivity contribution < 1.29 is 19.1 Å². The number of hydrogen-bond donors (Lipinski definition) is 1. The van der Waals surface area contributed by atoms with Crippen LogP contribution in [0.25, 0.3) is 6.08 Å². The standard InChI is InChI=1S/C17H10FNO3S2/c18-11-5-7-12(8-6-11)19-15(20)14(24-17(19)23)9-10-3-1-2-4-13(10)16(21)22/h1-9H,(H,21,22)/b14-9+. The van der Waals surface area contributed by atoms with Gasteiger partial charge < -0.3 is 5.11 Å². The Bertz CT molecular complexity index is 878. The molecule has 24 heavy (non-hydrogen) atoms. The van der Waals surface area contributed by atoms with Crippen molar-refractivity contribution >= 4 is 51.9 Å². The fraction of sp³-hybridized carbons (Fsp3) is 0. The SMILES string of the molecule is O=C(O)c1ccccc1/C=C1/SC(=S)N(c2ccc(F)cc2)C1=O. The van der Waals surface area contributed by atoms with Gasteiger partial charge in [-0.05, 0) is 42.0 Å². The van der Waals surface area contributed by atoms with E-state index in [0.717, 1.165) is 11.8 Å². The molecule has 4 nitrogen and oxygen atoms in total. The molecule has 0 atom stereocenters. The summed E-state index contributed by atoms with van der Waals surface area (Å²) in [5.41, 5.74) is 0.989. The molecule has 1 fully saturated rings. The molecule has 0 saturated carbocycles. The Hall–Kier alpha value is -2.51. The summed E-state index contributed by atoms with van der Waals surface area (Å²) in [6.45, 7) is 0. The Kier molecular flexibility index (Phi) is 4.46. The minimum atomic E-state index is -1.07. The predicted molar refractivity (Wildman–Crippen MR) is 95.5 cm³/mol.